The van der Waals surface area contributed by atoms with Crippen LogP contribution in [0.15, 0.2) is 62.4 Å². The highest BCUT2D eigenvalue weighted by Gasteiger charge is 2.13. The minimum atomic E-state index is -0.0333. The number of oxazole rings is 1. The van der Waals surface area contributed by atoms with Crippen LogP contribution in [0, 0.1) is 0 Å². The number of fused-ring (bicyclic) bond motifs is 1. The smallest absolute Gasteiger partial charge is 0.228 e. The molecule has 0 spiro atoms. The maximum absolute atomic E-state index is 10.1. The Morgan fingerprint density at radius 1 is 1.00 bits per heavy atom. The number of halogens is 4. The van der Waals surface area contributed by atoms with Crippen LogP contribution in [-0.2, 0) is 0 Å². The Kier molecular flexibility index (Phi) is 5.34. The summed E-state index contributed by atoms with van der Waals surface area (Å²) < 4.78 is 6.53. The summed E-state index contributed by atoms with van der Waals surface area (Å²) >= 11 is 21.6. The zero-order valence-electron chi connectivity index (χ0n) is 14.0. The molecule has 0 saturated heterocycles. The Morgan fingerprint density at radius 2 is 1.82 bits per heavy atom. The van der Waals surface area contributed by atoms with Gasteiger partial charge in [-0.15, -0.1) is 0 Å². The van der Waals surface area contributed by atoms with Gasteiger partial charge in [0.1, 0.15) is 11.3 Å². The van der Waals surface area contributed by atoms with Gasteiger partial charge >= 0.3 is 0 Å². The Hall–Kier alpha value is -2.05. The minimum Gasteiger partial charge on any atom is -0.506 e. The van der Waals surface area contributed by atoms with Crippen LogP contribution in [0.4, 0.5) is 5.69 Å². The van der Waals surface area contributed by atoms with Crippen LogP contribution in [0.1, 0.15) is 5.56 Å². The number of hydrogen-bond acceptors (Lipinski definition) is 4. The normalized spacial score (nSPS) is 11.6. The molecule has 1 N–H and O–H groups in total. The van der Waals surface area contributed by atoms with Crippen LogP contribution >= 0.6 is 50.7 Å². The van der Waals surface area contributed by atoms with Crippen molar-refractivity contribution in [1.29, 1.82) is 0 Å². The van der Waals surface area contributed by atoms with Crippen molar-refractivity contribution in [3.63, 3.8) is 0 Å². The molecule has 0 aliphatic heterocycles. The Morgan fingerprint density at radius 3 is 2.64 bits per heavy atom. The van der Waals surface area contributed by atoms with E-state index in [0.717, 1.165) is 4.47 Å². The molecule has 1 heterocycles. The first kappa shape index (κ1) is 19.3. The number of nitrogens with zero attached hydrogens (tertiary/aromatic N) is 2. The number of hydrogen-bond donors (Lipinski definition) is 1. The summed E-state index contributed by atoms with van der Waals surface area (Å²) in [5.74, 6) is 0.342. The summed E-state index contributed by atoms with van der Waals surface area (Å²) in [7, 11) is 0. The van der Waals surface area contributed by atoms with Gasteiger partial charge in [-0.05, 0) is 48.5 Å². The molecule has 0 unspecified atom stereocenters. The molecule has 4 nitrogen and oxygen atoms in total. The Labute approximate surface area is 183 Å². The lowest BCUT2D eigenvalue weighted by molar-refractivity contribution is 0.474. The summed E-state index contributed by atoms with van der Waals surface area (Å²) in [5.41, 5.74) is 2.96. The molecule has 0 saturated carbocycles. The van der Waals surface area contributed by atoms with E-state index in [4.69, 9.17) is 39.2 Å². The quantitative estimate of drug-likeness (QED) is 0.296. The van der Waals surface area contributed by atoms with E-state index in [1.807, 2.05) is 0 Å². The van der Waals surface area contributed by atoms with E-state index < -0.39 is 0 Å². The van der Waals surface area contributed by atoms with Crippen LogP contribution in [0.3, 0.4) is 0 Å². The van der Waals surface area contributed by atoms with Gasteiger partial charge in [-0.2, -0.15) is 0 Å². The summed E-state index contributed by atoms with van der Waals surface area (Å²) in [6.45, 7) is 0. The van der Waals surface area contributed by atoms with Crippen molar-refractivity contribution < 1.29 is 9.52 Å². The van der Waals surface area contributed by atoms with Gasteiger partial charge in [0.05, 0.1) is 21.3 Å². The van der Waals surface area contributed by atoms with E-state index in [2.05, 4.69) is 25.9 Å². The van der Waals surface area contributed by atoms with Gasteiger partial charge in [0.15, 0.2) is 5.58 Å². The molecule has 140 valence electrons. The van der Waals surface area contributed by atoms with Gasteiger partial charge in [-0.1, -0.05) is 50.7 Å². The zero-order valence-corrected chi connectivity index (χ0v) is 17.8. The van der Waals surface area contributed by atoms with Crippen LogP contribution in [-0.4, -0.2) is 16.3 Å². The van der Waals surface area contributed by atoms with E-state index in [9.17, 15) is 5.11 Å². The van der Waals surface area contributed by atoms with Crippen molar-refractivity contribution in [1.82, 2.24) is 4.98 Å². The lowest BCUT2D eigenvalue weighted by atomic mass is 10.2. The van der Waals surface area contributed by atoms with Gasteiger partial charge in [0.25, 0.3) is 0 Å². The summed E-state index contributed by atoms with van der Waals surface area (Å²) in [6, 6.07) is 13.7. The lowest BCUT2D eigenvalue weighted by Crippen LogP contribution is -1.84. The average molecular weight is 497 g/mol. The highest BCUT2D eigenvalue weighted by Crippen LogP contribution is 2.34. The maximum Gasteiger partial charge on any atom is 0.228 e. The molecule has 0 bridgehead atoms. The maximum atomic E-state index is 10.1. The molecule has 8 heteroatoms. The van der Waals surface area contributed by atoms with Crippen molar-refractivity contribution >= 4 is 73.7 Å². The first-order valence-electron chi connectivity index (χ1n) is 7.99. The van der Waals surface area contributed by atoms with Crippen LogP contribution < -0.4 is 0 Å². The SMILES string of the molecule is Oc1c(Cl)cc(Br)cc1C=Nc1ccc2oc(-c3cc(Cl)ccc3Cl)nc2c1. The fourth-order valence-corrected chi connectivity index (χ4v) is 3.81. The van der Waals surface area contributed by atoms with Gasteiger partial charge in [-0.3, -0.25) is 4.99 Å². The predicted octanol–water partition coefficient (Wildman–Crippen LogP) is 7.67. The topological polar surface area (TPSA) is 58.6 Å². The fourth-order valence-electron chi connectivity index (χ4n) is 2.60. The third-order valence-electron chi connectivity index (χ3n) is 3.94. The molecule has 0 aliphatic carbocycles. The molecule has 0 radical (unpaired) electrons. The molecule has 0 fully saturated rings. The third kappa shape index (κ3) is 3.89. The standard InChI is InChI=1S/C20H10BrCl3N2O2/c21-11-5-10(19(27)16(24)6-11)9-25-13-2-4-18-17(8-13)26-20(28-18)14-7-12(22)1-3-15(14)23/h1-9,27H. The summed E-state index contributed by atoms with van der Waals surface area (Å²) in [6.07, 6.45) is 1.53. The van der Waals surface area contributed by atoms with Crippen molar-refractivity contribution in [2.24, 2.45) is 4.99 Å². The summed E-state index contributed by atoms with van der Waals surface area (Å²) in [5, 5.41) is 11.3. The zero-order chi connectivity index (χ0) is 19.8. The van der Waals surface area contributed by atoms with Gasteiger partial charge in [-0.25, -0.2) is 4.98 Å². The highest BCUT2D eigenvalue weighted by molar-refractivity contribution is 9.10. The van der Waals surface area contributed by atoms with Crippen LogP contribution in [0.25, 0.3) is 22.6 Å². The molecule has 0 aliphatic rings. The minimum absolute atomic E-state index is 0.0333. The molecular formula is C20H10BrCl3N2O2. The molecule has 28 heavy (non-hydrogen) atoms. The van der Waals surface area contributed by atoms with Gasteiger partial charge < -0.3 is 9.52 Å². The number of benzene rings is 3. The van der Waals surface area contributed by atoms with Gasteiger partial charge in [0.2, 0.25) is 5.89 Å². The van der Waals surface area contributed by atoms with E-state index in [0.29, 0.717) is 43.9 Å². The average Bonchev–Trinajstić information content (AvgIpc) is 3.08. The van der Waals surface area contributed by atoms with Crippen molar-refractivity contribution in [3.05, 3.63) is 73.6 Å². The first-order chi connectivity index (χ1) is 13.4. The molecular weight excluding hydrogens is 486 g/mol. The Balaban J connectivity index is 1.70. The molecule has 1 aromatic heterocycles. The second-order valence-corrected chi connectivity index (χ2v) is 8.05. The van der Waals surface area contributed by atoms with E-state index in [1.54, 1.807) is 48.5 Å². The Bertz CT molecular complexity index is 1240. The van der Waals surface area contributed by atoms with Crippen LogP contribution in [0.5, 0.6) is 5.75 Å². The van der Waals surface area contributed by atoms with Crippen molar-refractivity contribution in [3.8, 4) is 17.2 Å². The second-order valence-electron chi connectivity index (χ2n) is 5.88. The van der Waals surface area contributed by atoms with E-state index >= 15 is 0 Å². The van der Waals surface area contributed by atoms with Crippen molar-refractivity contribution in [2.45, 2.75) is 0 Å². The number of aromatic hydroxyl groups is 1. The molecule has 0 atom stereocenters. The molecule has 4 rings (SSSR count). The number of phenolic OH excluding ortho intramolecular Hbond substituents is 1. The largest absolute Gasteiger partial charge is 0.506 e. The predicted molar refractivity (Wildman–Crippen MR) is 118 cm³/mol. The third-order valence-corrected chi connectivity index (χ3v) is 5.25. The number of phenols is 1. The fraction of sp³-hybridized carbons (Fsp3) is 0. The molecule has 3 aromatic carbocycles. The number of rotatable bonds is 3. The van der Waals surface area contributed by atoms with Gasteiger partial charge in [0, 0.05) is 21.3 Å². The number of aliphatic imine (C=N–C) groups is 1. The first-order valence-corrected chi connectivity index (χ1v) is 9.91. The number of aromatic nitrogens is 1. The molecule has 4 aromatic rings. The van der Waals surface area contributed by atoms with Crippen molar-refractivity contribution in [2.75, 3.05) is 0 Å². The summed E-state index contributed by atoms with van der Waals surface area (Å²) in [4.78, 5) is 8.87. The molecule has 0 amide bonds. The van der Waals surface area contributed by atoms with E-state index in [1.165, 1.54) is 6.21 Å². The van der Waals surface area contributed by atoms with E-state index in [-0.39, 0.29) is 10.8 Å². The lowest BCUT2D eigenvalue weighted by Gasteiger charge is -2.02. The monoisotopic (exact) mass is 494 g/mol. The second kappa shape index (κ2) is 7.76. The van der Waals surface area contributed by atoms with Crippen LogP contribution in [0.2, 0.25) is 15.1 Å². The highest BCUT2D eigenvalue weighted by atomic mass is 79.9.